The molecule has 1 saturated heterocycles. The monoisotopic (exact) mass is 420 g/mol. The molecule has 2 aromatic carbocycles. The van der Waals surface area contributed by atoms with Crippen LogP contribution in [0, 0.1) is 5.82 Å². The zero-order valence-electron chi connectivity index (χ0n) is 16.5. The first-order valence-corrected chi connectivity index (χ1v) is 10.7. The summed E-state index contributed by atoms with van der Waals surface area (Å²) < 4.78 is 38.4. The number of anilines is 2. The molecule has 1 N–H and O–H groups in total. The van der Waals surface area contributed by atoms with E-state index in [1.807, 2.05) is 0 Å². The molecule has 156 valence electrons. The molecule has 1 aliphatic heterocycles. The smallest absolute Gasteiger partial charge is 0.242 e. The fourth-order valence-electron chi connectivity index (χ4n) is 3.14. The van der Waals surface area contributed by atoms with E-state index in [1.54, 1.807) is 24.3 Å². The molecular weight excluding hydrogens is 395 g/mol. The average molecular weight is 421 g/mol. The molecule has 1 amide bonds. The maximum absolute atomic E-state index is 13.1. The van der Waals surface area contributed by atoms with Crippen LogP contribution in [0.4, 0.5) is 15.8 Å². The number of amides is 1. The van der Waals surface area contributed by atoms with Crippen molar-refractivity contribution in [3.05, 3.63) is 54.3 Å². The van der Waals surface area contributed by atoms with Gasteiger partial charge in [-0.3, -0.25) is 9.69 Å². The van der Waals surface area contributed by atoms with Crippen molar-refractivity contribution in [2.24, 2.45) is 0 Å². The zero-order chi connectivity index (χ0) is 21.0. The summed E-state index contributed by atoms with van der Waals surface area (Å²) in [6, 6.07) is 12.5. The molecule has 1 heterocycles. The number of piperazine rings is 1. The van der Waals surface area contributed by atoms with Gasteiger partial charge in [0.25, 0.3) is 0 Å². The maximum atomic E-state index is 13.1. The van der Waals surface area contributed by atoms with E-state index < -0.39 is 10.0 Å². The summed E-state index contributed by atoms with van der Waals surface area (Å²) in [5.41, 5.74) is 1.53. The lowest BCUT2D eigenvalue weighted by molar-refractivity contribution is -0.117. The third-order valence-electron chi connectivity index (χ3n) is 4.85. The second-order valence-electron chi connectivity index (χ2n) is 7.10. The molecule has 1 fully saturated rings. The lowest BCUT2D eigenvalue weighted by Gasteiger charge is -2.35. The molecule has 0 bridgehead atoms. The van der Waals surface area contributed by atoms with Crippen molar-refractivity contribution in [3.8, 4) is 0 Å². The largest absolute Gasteiger partial charge is 0.369 e. The summed E-state index contributed by atoms with van der Waals surface area (Å²) in [6.07, 6.45) is 0. The van der Waals surface area contributed by atoms with Crippen LogP contribution in [0.1, 0.15) is 0 Å². The Kier molecular flexibility index (Phi) is 6.51. The Hall–Kier alpha value is -2.49. The molecule has 3 rings (SSSR count). The second kappa shape index (κ2) is 8.89. The lowest BCUT2D eigenvalue weighted by atomic mass is 10.2. The van der Waals surface area contributed by atoms with Crippen LogP contribution in [0.25, 0.3) is 0 Å². The number of hydrogen-bond acceptors (Lipinski definition) is 5. The molecule has 0 saturated carbocycles. The van der Waals surface area contributed by atoms with Gasteiger partial charge in [0.15, 0.2) is 0 Å². The number of sulfonamides is 1. The normalized spacial score (nSPS) is 15.5. The van der Waals surface area contributed by atoms with E-state index in [-0.39, 0.29) is 23.2 Å². The standard InChI is InChI=1S/C20H25FN4O3S/c1-23(2)29(27,28)19-9-5-17(6-10-19)22-20(26)15-24-11-13-25(14-12-24)18-7-3-16(21)4-8-18/h3-10H,11-15H2,1-2H3,(H,22,26). The van der Waals surface area contributed by atoms with Crippen molar-refractivity contribution in [1.29, 1.82) is 0 Å². The number of carbonyl (C=O) groups excluding carboxylic acids is 1. The number of halogens is 1. The Morgan fingerprint density at radius 1 is 1.00 bits per heavy atom. The molecule has 9 heteroatoms. The Morgan fingerprint density at radius 3 is 2.14 bits per heavy atom. The van der Waals surface area contributed by atoms with Gasteiger partial charge in [0, 0.05) is 51.6 Å². The van der Waals surface area contributed by atoms with Crippen molar-refractivity contribution in [2.45, 2.75) is 4.90 Å². The number of benzene rings is 2. The molecule has 7 nitrogen and oxygen atoms in total. The quantitative estimate of drug-likeness (QED) is 0.772. The summed E-state index contributed by atoms with van der Waals surface area (Å²) in [4.78, 5) is 16.7. The Balaban J connectivity index is 1.49. The zero-order valence-corrected chi connectivity index (χ0v) is 17.3. The minimum absolute atomic E-state index is 0.150. The molecule has 1 aliphatic rings. The molecule has 0 atom stereocenters. The maximum Gasteiger partial charge on any atom is 0.242 e. The Labute approximate surface area is 170 Å². The highest BCUT2D eigenvalue weighted by atomic mass is 32.2. The third-order valence-corrected chi connectivity index (χ3v) is 6.68. The molecule has 0 aromatic heterocycles. The van der Waals surface area contributed by atoms with Crippen molar-refractivity contribution in [2.75, 3.05) is 57.0 Å². The van der Waals surface area contributed by atoms with Crippen LogP contribution < -0.4 is 10.2 Å². The molecule has 2 aromatic rings. The van der Waals surface area contributed by atoms with Crippen LogP contribution in [-0.4, -0.2) is 70.3 Å². The van der Waals surface area contributed by atoms with E-state index in [0.717, 1.165) is 36.2 Å². The van der Waals surface area contributed by atoms with Gasteiger partial charge in [0.1, 0.15) is 5.82 Å². The number of nitrogens with one attached hydrogen (secondary N) is 1. The first-order valence-electron chi connectivity index (χ1n) is 9.31. The van der Waals surface area contributed by atoms with E-state index in [1.165, 1.54) is 38.4 Å². The van der Waals surface area contributed by atoms with Crippen molar-refractivity contribution < 1.29 is 17.6 Å². The molecule has 0 unspecified atom stereocenters. The van der Waals surface area contributed by atoms with Gasteiger partial charge in [0.2, 0.25) is 15.9 Å². The van der Waals surface area contributed by atoms with E-state index >= 15 is 0 Å². The number of nitrogens with zero attached hydrogens (tertiary/aromatic N) is 3. The van der Waals surface area contributed by atoms with E-state index in [4.69, 9.17) is 0 Å². The topological polar surface area (TPSA) is 73.0 Å². The summed E-state index contributed by atoms with van der Waals surface area (Å²) in [6.45, 7) is 3.23. The van der Waals surface area contributed by atoms with Crippen LogP contribution in [-0.2, 0) is 14.8 Å². The van der Waals surface area contributed by atoms with E-state index in [9.17, 15) is 17.6 Å². The van der Waals surface area contributed by atoms with Crippen molar-refractivity contribution in [1.82, 2.24) is 9.21 Å². The number of hydrogen-bond donors (Lipinski definition) is 1. The van der Waals surface area contributed by atoms with E-state index in [2.05, 4.69) is 15.1 Å². The van der Waals surface area contributed by atoms with Crippen LogP contribution >= 0.6 is 0 Å². The summed E-state index contributed by atoms with van der Waals surface area (Å²) >= 11 is 0. The second-order valence-corrected chi connectivity index (χ2v) is 9.25. The van der Waals surface area contributed by atoms with Crippen molar-refractivity contribution >= 4 is 27.3 Å². The van der Waals surface area contributed by atoms with E-state index in [0.29, 0.717) is 5.69 Å². The highest BCUT2D eigenvalue weighted by Gasteiger charge is 2.20. The van der Waals surface area contributed by atoms with Gasteiger partial charge >= 0.3 is 0 Å². The van der Waals surface area contributed by atoms with Crippen LogP contribution in [0.3, 0.4) is 0 Å². The van der Waals surface area contributed by atoms with Gasteiger partial charge in [-0.1, -0.05) is 0 Å². The summed E-state index contributed by atoms with van der Waals surface area (Å²) in [5, 5.41) is 2.80. The fourth-order valence-corrected chi connectivity index (χ4v) is 4.04. The van der Waals surface area contributed by atoms with Gasteiger partial charge in [-0.25, -0.2) is 17.1 Å². The van der Waals surface area contributed by atoms with Crippen molar-refractivity contribution in [3.63, 3.8) is 0 Å². The van der Waals surface area contributed by atoms with Crippen LogP contribution in [0.5, 0.6) is 0 Å². The number of carbonyl (C=O) groups is 1. The van der Waals surface area contributed by atoms with Crippen LogP contribution in [0.15, 0.2) is 53.4 Å². The lowest BCUT2D eigenvalue weighted by Crippen LogP contribution is -2.48. The Bertz CT molecular complexity index is 939. The SMILES string of the molecule is CN(C)S(=O)(=O)c1ccc(NC(=O)CN2CCN(c3ccc(F)cc3)CC2)cc1. The highest BCUT2D eigenvalue weighted by molar-refractivity contribution is 7.89. The predicted octanol–water partition coefficient (Wildman–Crippen LogP) is 1.84. The highest BCUT2D eigenvalue weighted by Crippen LogP contribution is 2.18. The van der Waals surface area contributed by atoms with Gasteiger partial charge in [0.05, 0.1) is 11.4 Å². The van der Waals surface area contributed by atoms with Gasteiger partial charge in [-0.15, -0.1) is 0 Å². The predicted molar refractivity (Wildman–Crippen MR) is 111 cm³/mol. The molecule has 29 heavy (non-hydrogen) atoms. The first kappa shape index (κ1) is 21.2. The Morgan fingerprint density at radius 2 is 1.59 bits per heavy atom. The summed E-state index contributed by atoms with van der Waals surface area (Å²) in [5.74, 6) is -0.403. The minimum Gasteiger partial charge on any atom is -0.369 e. The molecule has 0 radical (unpaired) electrons. The molecule has 0 spiro atoms. The van der Waals surface area contributed by atoms with Gasteiger partial charge in [-0.2, -0.15) is 0 Å². The molecule has 0 aliphatic carbocycles. The van der Waals surface area contributed by atoms with Crippen LogP contribution in [0.2, 0.25) is 0 Å². The average Bonchev–Trinajstić information content (AvgIpc) is 2.69. The van der Waals surface area contributed by atoms with Gasteiger partial charge < -0.3 is 10.2 Å². The first-order chi connectivity index (χ1) is 13.8. The number of rotatable bonds is 6. The fraction of sp³-hybridized carbons (Fsp3) is 0.350. The minimum atomic E-state index is -3.49. The molecular formula is C20H25FN4O3S. The summed E-state index contributed by atoms with van der Waals surface area (Å²) in [7, 11) is -0.542. The third kappa shape index (κ3) is 5.31. The van der Waals surface area contributed by atoms with Gasteiger partial charge in [-0.05, 0) is 48.5 Å².